The summed E-state index contributed by atoms with van der Waals surface area (Å²) in [5.41, 5.74) is 0.855. The number of hydrogen-bond acceptors (Lipinski definition) is 4. The minimum Gasteiger partial charge on any atom is -0.493 e. The van der Waals surface area contributed by atoms with Gasteiger partial charge in [0.2, 0.25) is 0 Å². The number of rotatable bonds is 5. The van der Waals surface area contributed by atoms with E-state index in [4.69, 9.17) is 32.4 Å². The van der Waals surface area contributed by atoms with E-state index in [0.29, 0.717) is 46.3 Å². The van der Waals surface area contributed by atoms with Crippen LogP contribution in [0, 0.1) is 6.92 Å². The second-order valence-corrected chi connectivity index (χ2v) is 6.51. The van der Waals surface area contributed by atoms with Crippen LogP contribution in [0.5, 0.6) is 5.75 Å². The monoisotopic (exact) mass is 379 g/mol. The molecule has 0 unspecified atom stereocenters. The molecule has 0 spiro atoms. The van der Waals surface area contributed by atoms with E-state index < -0.39 is 11.4 Å². The standard InChI is InChI=1S/C18H15Cl2NO4/c1-11-3-4-16-15(7-11)17(22)25-18(23)21(16)5-2-6-24-14-9-12(19)8-13(20)10-14/h3-4,7-10H,2,5-6H2,1H3. The molecule has 1 aromatic heterocycles. The smallest absolute Gasteiger partial charge is 0.422 e. The maximum atomic E-state index is 12.0. The van der Waals surface area contributed by atoms with Crippen LogP contribution < -0.4 is 16.1 Å². The number of benzene rings is 2. The van der Waals surface area contributed by atoms with E-state index >= 15 is 0 Å². The molecular formula is C18H15Cl2NO4. The first-order valence-electron chi connectivity index (χ1n) is 7.67. The molecule has 0 aliphatic heterocycles. The summed E-state index contributed by atoms with van der Waals surface area (Å²) in [6.45, 7) is 2.59. The molecule has 5 nitrogen and oxygen atoms in total. The van der Waals surface area contributed by atoms with Crippen molar-refractivity contribution in [1.82, 2.24) is 4.57 Å². The first kappa shape index (κ1) is 17.6. The summed E-state index contributed by atoms with van der Waals surface area (Å²) in [6.07, 6.45) is 0.542. The number of nitrogens with zero attached hydrogens (tertiary/aromatic N) is 1. The molecule has 2 aromatic carbocycles. The van der Waals surface area contributed by atoms with E-state index in [1.54, 1.807) is 30.3 Å². The lowest BCUT2D eigenvalue weighted by atomic mass is 10.2. The molecule has 130 valence electrons. The summed E-state index contributed by atoms with van der Waals surface area (Å²) in [5, 5.41) is 1.37. The van der Waals surface area contributed by atoms with E-state index in [1.165, 1.54) is 4.57 Å². The molecule has 3 rings (SSSR count). The van der Waals surface area contributed by atoms with Crippen molar-refractivity contribution in [1.29, 1.82) is 0 Å². The fourth-order valence-electron chi connectivity index (χ4n) is 2.57. The number of aromatic nitrogens is 1. The van der Waals surface area contributed by atoms with Gasteiger partial charge in [-0.15, -0.1) is 0 Å². The minimum absolute atomic E-state index is 0.357. The molecule has 3 aromatic rings. The van der Waals surface area contributed by atoms with Gasteiger partial charge in [-0.05, 0) is 43.7 Å². The highest BCUT2D eigenvalue weighted by Crippen LogP contribution is 2.24. The van der Waals surface area contributed by atoms with Crippen LogP contribution in [-0.2, 0) is 6.54 Å². The summed E-state index contributed by atoms with van der Waals surface area (Å²) in [4.78, 5) is 23.9. The summed E-state index contributed by atoms with van der Waals surface area (Å²) >= 11 is 11.8. The SMILES string of the molecule is Cc1ccc2c(c1)c(=O)oc(=O)n2CCCOc1cc(Cl)cc(Cl)c1. The highest BCUT2D eigenvalue weighted by molar-refractivity contribution is 6.34. The third-order valence-electron chi connectivity index (χ3n) is 3.69. The Morgan fingerprint density at radius 1 is 1.08 bits per heavy atom. The maximum Gasteiger partial charge on any atom is 0.422 e. The van der Waals surface area contributed by atoms with Crippen molar-refractivity contribution in [3.05, 3.63) is 73.0 Å². The Hall–Kier alpha value is -2.24. The fraction of sp³-hybridized carbons (Fsp3) is 0.222. The zero-order valence-electron chi connectivity index (χ0n) is 13.4. The zero-order chi connectivity index (χ0) is 18.0. The van der Waals surface area contributed by atoms with Gasteiger partial charge in [-0.25, -0.2) is 9.59 Å². The number of fused-ring (bicyclic) bond motifs is 1. The van der Waals surface area contributed by atoms with E-state index in [1.807, 2.05) is 13.0 Å². The second kappa shape index (κ2) is 7.33. The third-order valence-corrected chi connectivity index (χ3v) is 4.13. The molecule has 1 heterocycles. The van der Waals surface area contributed by atoms with E-state index in [-0.39, 0.29) is 0 Å². The second-order valence-electron chi connectivity index (χ2n) is 5.63. The normalized spacial score (nSPS) is 11.0. The van der Waals surface area contributed by atoms with Crippen molar-refractivity contribution in [3.8, 4) is 5.75 Å². The highest BCUT2D eigenvalue weighted by atomic mass is 35.5. The molecule has 0 aliphatic carbocycles. The predicted molar refractivity (Wildman–Crippen MR) is 98.1 cm³/mol. The first-order chi connectivity index (χ1) is 11.9. The molecule has 0 aliphatic rings. The van der Waals surface area contributed by atoms with Gasteiger partial charge in [-0.2, -0.15) is 0 Å². The van der Waals surface area contributed by atoms with Crippen molar-refractivity contribution < 1.29 is 9.15 Å². The average molecular weight is 380 g/mol. The van der Waals surface area contributed by atoms with E-state index in [0.717, 1.165) is 5.56 Å². The van der Waals surface area contributed by atoms with E-state index in [9.17, 15) is 9.59 Å². The molecule has 0 fully saturated rings. The van der Waals surface area contributed by atoms with Gasteiger partial charge in [0.25, 0.3) is 0 Å². The molecule has 7 heteroatoms. The Kier molecular flexibility index (Phi) is 5.16. The van der Waals surface area contributed by atoms with Crippen LogP contribution in [0.1, 0.15) is 12.0 Å². The zero-order valence-corrected chi connectivity index (χ0v) is 14.9. The Morgan fingerprint density at radius 2 is 1.80 bits per heavy atom. The third kappa shape index (κ3) is 4.06. The number of hydrogen-bond donors (Lipinski definition) is 0. The number of halogens is 2. The van der Waals surface area contributed by atoms with Gasteiger partial charge in [0, 0.05) is 16.6 Å². The van der Waals surface area contributed by atoms with Gasteiger partial charge in [0.15, 0.2) is 0 Å². The van der Waals surface area contributed by atoms with Crippen LogP contribution in [0.25, 0.3) is 10.9 Å². The van der Waals surface area contributed by atoms with Crippen LogP contribution >= 0.6 is 23.2 Å². The van der Waals surface area contributed by atoms with Gasteiger partial charge in [-0.3, -0.25) is 4.57 Å². The lowest BCUT2D eigenvalue weighted by Gasteiger charge is -2.10. The fourth-order valence-corrected chi connectivity index (χ4v) is 3.08. The minimum atomic E-state index is -0.674. The Bertz CT molecular complexity index is 1020. The first-order valence-corrected chi connectivity index (χ1v) is 8.43. The van der Waals surface area contributed by atoms with Crippen LogP contribution in [-0.4, -0.2) is 11.2 Å². The lowest BCUT2D eigenvalue weighted by molar-refractivity contribution is 0.296. The summed E-state index contributed by atoms with van der Waals surface area (Å²) in [5.74, 6) is -0.114. The van der Waals surface area contributed by atoms with Gasteiger partial charge < -0.3 is 9.15 Å². The number of ether oxygens (including phenoxy) is 1. The van der Waals surface area contributed by atoms with Gasteiger partial charge in [0.05, 0.1) is 17.5 Å². The Balaban J connectivity index is 1.75. The molecule has 0 bridgehead atoms. The van der Waals surface area contributed by atoms with Crippen molar-refractivity contribution in [3.63, 3.8) is 0 Å². The summed E-state index contributed by atoms with van der Waals surface area (Å²) < 4.78 is 11.8. The number of aryl methyl sites for hydroxylation is 2. The van der Waals surface area contributed by atoms with Crippen LogP contribution in [0.2, 0.25) is 10.0 Å². The highest BCUT2D eigenvalue weighted by Gasteiger charge is 2.09. The van der Waals surface area contributed by atoms with Crippen molar-refractivity contribution >= 4 is 34.1 Å². The average Bonchev–Trinajstić information content (AvgIpc) is 2.53. The van der Waals surface area contributed by atoms with Gasteiger partial charge in [-0.1, -0.05) is 34.8 Å². The van der Waals surface area contributed by atoms with Crippen molar-refractivity contribution in [2.45, 2.75) is 19.9 Å². The largest absolute Gasteiger partial charge is 0.493 e. The molecule has 25 heavy (non-hydrogen) atoms. The van der Waals surface area contributed by atoms with E-state index in [2.05, 4.69) is 0 Å². The van der Waals surface area contributed by atoms with Crippen LogP contribution in [0.4, 0.5) is 0 Å². The molecule has 0 radical (unpaired) electrons. The molecule has 0 amide bonds. The Labute approximate surface area is 153 Å². The van der Waals surface area contributed by atoms with Crippen molar-refractivity contribution in [2.24, 2.45) is 0 Å². The van der Waals surface area contributed by atoms with Crippen molar-refractivity contribution in [2.75, 3.05) is 6.61 Å². The molecule has 0 saturated carbocycles. The topological polar surface area (TPSA) is 61.4 Å². The lowest BCUT2D eigenvalue weighted by Crippen LogP contribution is -2.25. The molecular weight excluding hydrogens is 365 g/mol. The van der Waals surface area contributed by atoms with Gasteiger partial charge >= 0.3 is 11.4 Å². The van der Waals surface area contributed by atoms with Crippen LogP contribution in [0.15, 0.2) is 50.4 Å². The maximum absolute atomic E-state index is 12.0. The summed E-state index contributed by atoms with van der Waals surface area (Å²) in [7, 11) is 0. The molecule has 0 N–H and O–H groups in total. The predicted octanol–water partition coefficient (Wildman–Crippen LogP) is 4.04. The molecule has 0 saturated heterocycles. The molecule has 0 atom stereocenters. The van der Waals surface area contributed by atoms with Crippen LogP contribution in [0.3, 0.4) is 0 Å². The Morgan fingerprint density at radius 3 is 2.52 bits per heavy atom. The van der Waals surface area contributed by atoms with Gasteiger partial charge in [0.1, 0.15) is 5.75 Å². The summed E-state index contributed by atoms with van der Waals surface area (Å²) in [6, 6.07) is 10.3. The quantitative estimate of drug-likeness (QED) is 0.627.